The Morgan fingerprint density at radius 2 is 1.78 bits per heavy atom. The first-order valence-electron chi connectivity index (χ1n) is 8.08. The van der Waals surface area contributed by atoms with Crippen LogP contribution < -0.4 is 4.74 Å². The van der Waals surface area contributed by atoms with E-state index in [2.05, 4.69) is 66.2 Å². The maximum absolute atomic E-state index is 12.2. The molecule has 0 saturated heterocycles. The lowest BCUT2D eigenvalue weighted by Gasteiger charge is -2.36. The van der Waals surface area contributed by atoms with Crippen LogP contribution in [0.3, 0.4) is 0 Å². The third-order valence-electron chi connectivity index (χ3n) is 5.08. The number of ether oxygens (including phenoxy) is 1. The molecule has 0 unspecified atom stereocenters. The van der Waals surface area contributed by atoms with Crippen molar-refractivity contribution in [3.8, 4) is 5.75 Å². The predicted molar refractivity (Wildman–Crippen MR) is 93.9 cm³/mol. The Morgan fingerprint density at radius 1 is 1.04 bits per heavy atom. The third-order valence-corrected chi connectivity index (χ3v) is 5.67. The molecule has 2 aliphatic rings. The van der Waals surface area contributed by atoms with Crippen LogP contribution in [0.2, 0.25) is 0 Å². The molecule has 118 valence electrons. The van der Waals surface area contributed by atoms with Gasteiger partial charge in [0.05, 0.1) is 4.47 Å². The van der Waals surface area contributed by atoms with Crippen LogP contribution in [-0.4, -0.2) is 5.78 Å². The lowest BCUT2D eigenvalue weighted by Crippen LogP contribution is -2.27. The van der Waals surface area contributed by atoms with E-state index in [1.807, 2.05) is 0 Å². The van der Waals surface area contributed by atoms with Gasteiger partial charge in [-0.2, -0.15) is 0 Å². The van der Waals surface area contributed by atoms with E-state index in [1.54, 1.807) is 0 Å². The van der Waals surface area contributed by atoms with Crippen molar-refractivity contribution in [1.29, 1.82) is 0 Å². The second-order valence-electron chi connectivity index (χ2n) is 6.83. The predicted octanol–water partition coefficient (Wildman–Crippen LogP) is 5.26. The van der Waals surface area contributed by atoms with Crippen molar-refractivity contribution in [3.63, 3.8) is 0 Å². The molecule has 4 rings (SSSR count). The van der Waals surface area contributed by atoms with Crippen molar-refractivity contribution < 1.29 is 9.53 Å². The summed E-state index contributed by atoms with van der Waals surface area (Å²) in [5, 5.41) is 0. The zero-order chi connectivity index (χ0) is 16.1. The van der Waals surface area contributed by atoms with Gasteiger partial charge in [-0.1, -0.05) is 35.9 Å². The topological polar surface area (TPSA) is 26.3 Å². The van der Waals surface area contributed by atoms with Crippen LogP contribution in [0.15, 0.2) is 40.9 Å². The van der Waals surface area contributed by atoms with Gasteiger partial charge in [-0.25, -0.2) is 0 Å². The first kappa shape index (κ1) is 14.9. The summed E-state index contributed by atoms with van der Waals surface area (Å²) in [6.07, 6.45) is 1.21. The van der Waals surface area contributed by atoms with Gasteiger partial charge in [-0.3, -0.25) is 4.79 Å². The summed E-state index contributed by atoms with van der Waals surface area (Å²) < 4.78 is 7.40. The Morgan fingerprint density at radius 3 is 2.52 bits per heavy atom. The van der Waals surface area contributed by atoms with Gasteiger partial charge in [0.25, 0.3) is 0 Å². The molecular weight excluding hydrogens is 352 g/mol. The minimum absolute atomic E-state index is 0.0430. The number of benzene rings is 2. The standard InChI is InChI=1S/C20H19BrO2/c1-11-3-5-13(6-4-11)19-17-10-14(22)9-15(17)16-7-12(2)8-18(21)20(16)23-19/h3-8,15,17,19H,9-10H2,1-2H3/t15-,17-,19-/m1/s1. The van der Waals surface area contributed by atoms with Gasteiger partial charge < -0.3 is 4.74 Å². The Labute approximate surface area is 145 Å². The van der Waals surface area contributed by atoms with Crippen LogP contribution in [0.25, 0.3) is 0 Å². The maximum Gasteiger partial charge on any atom is 0.137 e. The van der Waals surface area contributed by atoms with Crippen LogP contribution in [-0.2, 0) is 4.79 Å². The molecule has 0 amide bonds. The Balaban J connectivity index is 1.83. The average Bonchev–Trinajstić information content (AvgIpc) is 2.89. The number of halogens is 1. The molecule has 2 nitrogen and oxygen atoms in total. The monoisotopic (exact) mass is 370 g/mol. The van der Waals surface area contributed by atoms with Gasteiger partial charge in [-0.15, -0.1) is 0 Å². The number of Topliss-reactive ketones (excluding diaryl/α,β-unsaturated/α-hetero) is 1. The van der Waals surface area contributed by atoms with Gasteiger partial charge in [0.2, 0.25) is 0 Å². The van der Waals surface area contributed by atoms with Crippen LogP contribution in [0.4, 0.5) is 0 Å². The molecule has 1 aliphatic carbocycles. The van der Waals surface area contributed by atoms with Crippen molar-refractivity contribution in [2.24, 2.45) is 5.92 Å². The molecule has 0 bridgehead atoms. The lowest BCUT2D eigenvalue weighted by molar-refractivity contribution is -0.117. The highest BCUT2D eigenvalue weighted by Gasteiger charge is 2.45. The summed E-state index contributed by atoms with van der Waals surface area (Å²) >= 11 is 3.65. The highest BCUT2D eigenvalue weighted by molar-refractivity contribution is 9.10. The minimum atomic E-state index is -0.0430. The number of fused-ring (bicyclic) bond motifs is 3. The van der Waals surface area contributed by atoms with E-state index in [-0.39, 0.29) is 17.9 Å². The molecular formula is C20H19BrO2. The molecule has 2 aromatic rings. The lowest BCUT2D eigenvalue weighted by atomic mass is 9.79. The fourth-order valence-electron chi connectivity index (χ4n) is 3.99. The molecule has 23 heavy (non-hydrogen) atoms. The van der Waals surface area contributed by atoms with E-state index < -0.39 is 0 Å². The van der Waals surface area contributed by atoms with Gasteiger partial charge in [0.15, 0.2) is 0 Å². The third kappa shape index (κ3) is 2.51. The molecule has 1 fully saturated rings. The quantitative estimate of drug-likeness (QED) is 0.683. The van der Waals surface area contributed by atoms with E-state index in [4.69, 9.17) is 4.74 Å². The number of carbonyl (C=O) groups excluding carboxylic acids is 1. The molecule has 0 spiro atoms. The van der Waals surface area contributed by atoms with E-state index in [9.17, 15) is 4.79 Å². The van der Waals surface area contributed by atoms with Crippen LogP contribution >= 0.6 is 15.9 Å². The maximum atomic E-state index is 12.2. The largest absolute Gasteiger partial charge is 0.484 e. The minimum Gasteiger partial charge on any atom is -0.484 e. The number of aryl methyl sites for hydroxylation is 2. The molecule has 0 N–H and O–H groups in total. The van der Waals surface area contributed by atoms with Crippen LogP contribution in [0.1, 0.15) is 47.1 Å². The second kappa shape index (κ2) is 5.48. The summed E-state index contributed by atoms with van der Waals surface area (Å²) in [6.45, 7) is 4.17. The van der Waals surface area contributed by atoms with E-state index >= 15 is 0 Å². The van der Waals surface area contributed by atoms with Gasteiger partial charge in [0.1, 0.15) is 17.6 Å². The van der Waals surface area contributed by atoms with Crippen molar-refractivity contribution in [1.82, 2.24) is 0 Å². The summed E-state index contributed by atoms with van der Waals surface area (Å²) in [7, 11) is 0. The number of rotatable bonds is 1. The molecule has 1 saturated carbocycles. The number of hydrogen-bond acceptors (Lipinski definition) is 2. The molecule has 0 radical (unpaired) electrons. The van der Waals surface area contributed by atoms with Crippen LogP contribution in [0.5, 0.6) is 5.75 Å². The number of carbonyl (C=O) groups is 1. The van der Waals surface area contributed by atoms with Gasteiger partial charge >= 0.3 is 0 Å². The zero-order valence-electron chi connectivity index (χ0n) is 13.3. The second-order valence-corrected chi connectivity index (χ2v) is 7.69. The van der Waals surface area contributed by atoms with E-state index in [1.165, 1.54) is 22.3 Å². The zero-order valence-corrected chi connectivity index (χ0v) is 14.9. The van der Waals surface area contributed by atoms with Crippen molar-refractivity contribution in [2.45, 2.75) is 38.7 Å². The first-order chi connectivity index (χ1) is 11.0. The van der Waals surface area contributed by atoms with Crippen LogP contribution in [0, 0.1) is 19.8 Å². The SMILES string of the molecule is Cc1ccc([C@H]2Oc3c(Br)cc(C)cc3[C@H]3CC(=O)C[C@H]32)cc1. The fourth-order valence-corrected chi connectivity index (χ4v) is 4.67. The van der Waals surface area contributed by atoms with Gasteiger partial charge in [0, 0.05) is 24.7 Å². The van der Waals surface area contributed by atoms with Crippen molar-refractivity contribution in [3.05, 3.63) is 63.1 Å². The summed E-state index contributed by atoms with van der Waals surface area (Å²) in [4.78, 5) is 12.2. The Hall–Kier alpha value is -1.61. The molecule has 1 heterocycles. The normalized spacial score (nSPS) is 25.7. The molecule has 2 aromatic carbocycles. The fraction of sp³-hybridized carbons (Fsp3) is 0.350. The van der Waals surface area contributed by atoms with Crippen molar-refractivity contribution in [2.75, 3.05) is 0 Å². The molecule has 1 aliphatic heterocycles. The highest BCUT2D eigenvalue weighted by atomic mass is 79.9. The first-order valence-corrected chi connectivity index (χ1v) is 8.87. The molecule has 3 atom stereocenters. The summed E-state index contributed by atoms with van der Waals surface area (Å²) in [6, 6.07) is 12.8. The molecule has 3 heteroatoms. The van der Waals surface area contributed by atoms with Gasteiger partial charge in [-0.05, 0) is 52.5 Å². The average molecular weight is 371 g/mol. The summed E-state index contributed by atoms with van der Waals surface area (Å²) in [5.74, 6) is 1.78. The van der Waals surface area contributed by atoms with Crippen molar-refractivity contribution >= 4 is 21.7 Å². The Bertz CT molecular complexity index is 779. The smallest absolute Gasteiger partial charge is 0.137 e. The number of ketones is 1. The Kier molecular flexibility index (Phi) is 3.56. The number of hydrogen-bond donors (Lipinski definition) is 0. The van der Waals surface area contributed by atoms with E-state index in [0.717, 1.165) is 10.2 Å². The van der Waals surface area contributed by atoms with E-state index in [0.29, 0.717) is 18.6 Å². The summed E-state index contributed by atoms with van der Waals surface area (Å²) in [5.41, 5.74) is 4.79. The highest BCUT2D eigenvalue weighted by Crippen LogP contribution is 2.54. The molecule has 0 aromatic heterocycles.